The second-order valence-electron chi connectivity index (χ2n) is 6.77. The minimum absolute atomic E-state index is 0.0905. The predicted molar refractivity (Wildman–Crippen MR) is 108 cm³/mol. The van der Waals surface area contributed by atoms with Crippen LogP contribution >= 0.6 is 0 Å². The van der Waals surface area contributed by atoms with E-state index in [-0.39, 0.29) is 5.91 Å². The van der Waals surface area contributed by atoms with Crippen LogP contribution in [0.25, 0.3) is 11.0 Å². The number of methoxy groups -OCH3 is 1. The summed E-state index contributed by atoms with van der Waals surface area (Å²) in [6.45, 7) is 3.27. The van der Waals surface area contributed by atoms with Gasteiger partial charge in [-0.3, -0.25) is 4.79 Å². The molecule has 0 spiro atoms. The van der Waals surface area contributed by atoms with Gasteiger partial charge in [-0.15, -0.1) is 0 Å². The molecule has 2 aromatic carbocycles. The zero-order chi connectivity index (χ0) is 19.4. The van der Waals surface area contributed by atoms with E-state index in [2.05, 4.69) is 29.2 Å². The van der Waals surface area contributed by atoms with Gasteiger partial charge in [-0.05, 0) is 36.8 Å². The maximum atomic E-state index is 12.8. The molecule has 5 nitrogen and oxygen atoms in total. The Morgan fingerprint density at radius 3 is 2.48 bits per heavy atom. The van der Waals surface area contributed by atoms with E-state index in [4.69, 9.17) is 9.15 Å². The Balaban J connectivity index is 1.71. The molecular formula is C22H26N2O3. The molecule has 0 saturated heterocycles. The van der Waals surface area contributed by atoms with Gasteiger partial charge in [0.05, 0.1) is 19.8 Å². The van der Waals surface area contributed by atoms with Crippen molar-refractivity contribution in [2.45, 2.75) is 19.9 Å². The van der Waals surface area contributed by atoms with Gasteiger partial charge in [0.1, 0.15) is 11.3 Å². The van der Waals surface area contributed by atoms with Crippen molar-refractivity contribution in [1.82, 2.24) is 4.90 Å². The summed E-state index contributed by atoms with van der Waals surface area (Å²) in [6.07, 6.45) is 1.99. The average Bonchev–Trinajstić information content (AvgIpc) is 3.08. The van der Waals surface area contributed by atoms with Gasteiger partial charge in [0, 0.05) is 49.9 Å². The second kappa shape index (κ2) is 8.16. The van der Waals surface area contributed by atoms with E-state index in [1.807, 2.05) is 44.1 Å². The zero-order valence-electron chi connectivity index (χ0n) is 16.4. The molecule has 1 amide bonds. The Morgan fingerprint density at radius 2 is 1.85 bits per heavy atom. The summed E-state index contributed by atoms with van der Waals surface area (Å²) in [4.78, 5) is 16.8. The minimum atomic E-state index is 0.0905. The van der Waals surface area contributed by atoms with Crippen molar-refractivity contribution in [3.63, 3.8) is 0 Å². The number of furan rings is 1. The molecule has 0 unspecified atom stereocenters. The number of hydrogen-bond donors (Lipinski definition) is 0. The van der Waals surface area contributed by atoms with Gasteiger partial charge in [0.15, 0.2) is 0 Å². The van der Waals surface area contributed by atoms with Gasteiger partial charge < -0.3 is 19.0 Å². The monoisotopic (exact) mass is 366 g/mol. The van der Waals surface area contributed by atoms with Gasteiger partial charge in [-0.2, -0.15) is 0 Å². The highest BCUT2D eigenvalue weighted by Gasteiger charge is 2.16. The number of rotatable bonds is 7. The summed E-state index contributed by atoms with van der Waals surface area (Å²) in [5.41, 5.74) is 3.91. The molecule has 1 aromatic heterocycles. The van der Waals surface area contributed by atoms with Crippen molar-refractivity contribution in [3.05, 3.63) is 59.9 Å². The van der Waals surface area contributed by atoms with Crippen molar-refractivity contribution < 1.29 is 13.9 Å². The molecule has 27 heavy (non-hydrogen) atoms. The first-order valence-corrected chi connectivity index (χ1v) is 9.10. The van der Waals surface area contributed by atoms with Crippen LogP contribution in [0.3, 0.4) is 0 Å². The Labute approximate surface area is 160 Å². The Morgan fingerprint density at radius 1 is 1.11 bits per heavy atom. The number of benzene rings is 2. The highest BCUT2D eigenvalue weighted by Crippen LogP contribution is 2.26. The molecule has 1 heterocycles. The number of carbonyl (C=O) groups excluding carboxylic acids is 1. The summed E-state index contributed by atoms with van der Waals surface area (Å²) in [5, 5.41) is 0.954. The predicted octanol–water partition coefficient (Wildman–Crippen LogP) is 4.10. The number of hydrogen-bond acceptors (Lipinski definition) is 4. The highest BCUT2D eigenvalue weighted by atomic mass is 16.5. The Hall–Kier alpha value is -2.95. The number of nitrogens with zero attached hydrogens (tertiary/aromatic N) is 2. The lowest BCUT2D eigenvalue weighted by Gasteiger charge is -2.21. The maximum Gasteiger partial charge on any atom is 0.227 e. The van der Waals surface area contributed by atoms with Gasteiger partial charge in [-0.1, -0.05) is 12.1 Å². The SMILES string of the molecule is CCN(Cc1ccc(N(C)C)cc1)C(=O)Cc1coc2cc(OC)ccc12. The molecule has 0 aliphatic heterocycles. The molecule has 0 aliphatic carbocycles. The van der Waals surface area contributed by atoms with Gasteiger partial charge >= 0.3 is 0 Å². The standard InChI is InChI=1S/C22H26N2O3/c1-5-24(14-16-6-8-18(9-7-16)23(2)3)22(25)12-17-15-27-21-13-19(26-4)10-11-20(17)21/h6-11,13,15H,5,12,14H2,1-4H3. The molecule has 0 N–H and O–H groups in total. The maximum absolute atomic E-state index is 12.8. The average molecular weight is 366 g/mol. The lowest BCUT2D eigenvalue weighted by Crippen LogP contribution is -2.31. The molecule has 0 aliphatic rings. The van der Waals surface area contributed by atoms with Gasteiger partial charge in [-0.25, -0.2) is 0 Å². The molecule has 5 heteroatoms. The summed E-state index contributed by atoms with van der Waals surface area (Å²) in [7, 11) is 5.65. The third kappa shape index (κ3) is 4.25. The number of fused-ring (bicyclic) bond motifs is 1. The summed E-state index contributed by atoms with van der Waals surface area (Å²) >= 11 is 0. The molecular weight excluding hydrogens is 340 g/mol. The quantitative estimate of drug-likeness (QED) is 0.632. The molecule has 142 valence electrons. The van der Waals surface area contributed by atoms with Crippen molar-refractivity contribution in [1.29, 1.82) is 0 Å². The third-order valence-electron chi connectivity index (χ3n) is 4.77. The largest absolute Gasteiger partial charge is 0.497 e. The molecule has 0 radical (unpaired) electrons. The lowest BCUT2D eigenvalue weighted by atomic mass is 10.1. The molecule has 0 bridgehead atoms. The van der Waals surface area contributed by atoms with E-state index in [1.165, 1.54) is 0 Å². The van der Waals surface area contributed by atoms with E-state index in [9.17, 15) is 4.79 Å². The first-order valence-electron chi connectivity index (χ1n) is 9.10. The van der Waals surface area contributed by atoms with E-state index >= 15 is 0 Å². The van der Waals surface area contributed by atoms with E-state index < -0.39 is 0 Å². The molecule has 3 rings (SSSR count). The van der Waals surface area contributed by atoms with Crippen LogP contribution in [-0.2, 0) is 17.8 Å². The number of anilines is 1. The van der Waals surface area contributed by atoms with Crippen LogP contribution in [0.5, 0.6) is 5.75 Å². The highest BCUT2D eigenvalue weighted by molar-refractivity contribution is 5.88. The molecule has 3 aromatic rings. The topological polar surface area (TPSA) is 45.9 Å². The minimum Gasteiger partial charge on any atom is -0.497 e. The van der Waals surface area contributed by atoms with Crippen molar-refractivity contribution in [2.75, 3.05) is 32.6 Å². The van der Waals surface area contributed by atoms with Gasteiger partial charge in [0.2, 0.25) is 5.91 Å². The third-order valence-corrected chi connectivity index (χ3v) is 4.77. The van der Waals surface area contributed by atoms with Crippen molar-refractivity contribution in [3.8, 4) is 5.75 Å². The first-order chi connectivity index (χ1) is 13.0. The summed E-state index contributed by atoms with van der Waals surface area (Å²) in [6, 6.07) is 14.0. The van der Waals surface area contributed by atoms with Crippen LogP contribution in [0.1, 0.15) is 18.1 Å². The number of likely N-dealkylation sites (N-methyl/N-ethyl adjacent to an activating group) is 1. The van der Waals surface area contributed by atoms with Crippen LogP contribution in [-0.4, -0.2) is 38.6 Å². The first kappa shape index (κ1) is 18.8. The fraction of sp³-hybridized carbons (Fsp3) is 0.318. The van der Waals surface area contributed by atoms with E-state index in [1.54, 1.807) is 13.4 Å². The fourth-order valence-corrected chi connectivity index (χ4v) is 3.10. The van der Waals surface area contributed by atoms with E-state index in [0.717, 1.165) is 33.5 Å². The number of carbonyl (C=O) groups is 1. The molecule has 0 atom stereocenters. The van der Waals surface area contributed by atoms with Crippen LogP contribution in [0.4, 0.5) is 5.69 Å². The van der Waals surface area contributed by atoms with Crippen molar-refractivity contribution >= 4 is 22.6 Å². The normalized spacial score (nSPS) is 10.8. The van der Waals surface area contributed by atoms with E-state index in [0.29, 0.717) is 19.5 Å². The lowest BCUT2D eigenvalue weighted by molar-refractivity contribution is -0.130. The van der Waals surface area contributed by atoms with Crippen LogP contribution < -0.4 is 9.64 Å². The van der Waals surface area contributed by atoms with Gasteiger partial charge in [0.25, 0.3) is 0 Å². The number of ether oxygens (including phenoxy) is 1. The Kier molecular flexibility index (Phi) is 5.69. The second-order valence-corrected chi connectivity index (χ2v) is 6.77. The fourth-order valence-electron chi connectivity index (χ4n) is 3.10. The zero-order valence-corrected chi connectivity index (χ0v) is 16.4. The summed E-state index contributed by atoms with van der Waals surface area (Å²) < 4.78 is 10.8. The Bertz CT molecular complexity index is 913. The smallest absolute Gasteiger partial charge is 0.227 e. The summed E-state index contributed by atoms with van der Waals surface area (Å²) in [5.74, 6) is 0.832. The van der Waals surface area contributed by atoms with Crippen LogP contribution in [0.15, 0.2) is 53.1 Å². The van der Waals surface area contributed by atoms with Crippen molar-refractivity contribution in [2.24, 2.45) is 0 Å². The van der Waals surface area contributed by atoms with Crippen LogP contribution in [0.2, 0.25) is 0 Å². The molecule has 0 saturated carbocycles. The molecule has 0 fully saturated rings. The number of amides is 1. The van der Waals surface area contributed by atoms with Crippen LogP contribution in [0, 0.1) is 0 Å².